The zero-order valence-corrected chi connectivity index (χ0v) is 13.8. The van der Waals surface area contributed by atoms with Crippen molar-refractivity contribution in [3.8, 4) is 5.75 Å². The minimum Gasteiger partial charge on any atom is -0.495 e. The van der Waals surface area contributed by atoms with Gasteiger partial charge in [0, 0.05) is 37.3 Å². The summed E-state index contributed by atoms with van der Waals surface area (Å²) in [6.45, 7) is 1.39. The third kappa shape index (κ3) is 3.33. The van der Waals surface area contributed by atoms with E-state index in [2.05, 4.69) is 15.7 Å². The summed E-state index contributed by atoms with van der Waals surface area (Å²) in [4.78, 5) is 12.7. The van der Waals surface area contributed by atoms with Gasteiger partial charge in [-0.3, -0.25) is 9.48 Å². The molecule has 1 aliphatic heterocycles. The number of carbonyl (C=O) groups excluding carboxylic acids is 1. The topological polar surface area (TPSA) is 68.2 Å². The second-order valence-electron chi connectivity index (χ2n) is 5.65. The van der Waals surface area contributed by atoms with Crippen molar-refractivity contribution in [3.63, 3.8) is 0 Å². The summed E-state index contributed by atoms with van der Waals surface area (Å²) < 4.78 is 7.03. The maximum absolute atomic E-state index is 12.7. The first-order valence-corrected chi connectivity index (χ1v) is 7.80. The number of carbonyl (C=O) groups is 1. The van der Waals surface area contributed by atoms with Gasteiger partial charge in [-0.15, -0.1) is 0 Å². The molecule has 2 atom stereocenters. The van der Waals surface area contributed by atoms with Gasteiger partial charge in [0.2, 0.25) is 5.91 Å². The van der Waals surface area contributed by atoms with Crippen LogP contribution in [0.3, 0.4) is 0 Å². The number of nitrogens with one attached hydrogen (secondary N) is 2. The van der Waals surface area contributed by atoms with E-state index in [-0.39, 0.29) is 17.7 Å². The Morgan fingerprint density at radius 2 is 2.30 bits per heavy atom. The molecule has 1 fully saturated rings. The Morgan fingerprint density at radius 1 is 1.48 bits per heavy atom. The maximum atomic E-state index is 12.7. The van der Waals surface area contributed by atoms with E-state index in [1.807, 2.05) is 19.4 Å². The Labute approximate surface area is 139 Å². The molecule has 2 aromatic rings. The molecule has 0 aliphatic carbocycles. The number of halogens is 1. The number of nitrogens with zero attached hydrogens (tertiary/aromatic N) is 2. The Balaban J connectivity index is 1.79. The lowest BCUT2D eigenvalue weighted by atomic mass is 9.90. The smallest absolute Gasteiger partial charge is 0.229 e. The van der Waals surface area contributed by atoms with Crippen molar-refractivity contribution in [1.82, 2.24) is 15.1 Å². The zero-order valence-electron chi connectivity index (χ0n) is 13.0. The number of ether oxygens (including phenoxy) is 1. The highest BCUT2D eigenvalue weighted by atomic mass is 35.5. The SMILES string of the molecule is COc1ccc(Cl)cc1NC(=O)[C@H]1CNC[C@@H]1c1cnn(C)c1. The van der Waals surface area contributed by atoms with Gasteiger partial charge >= 0.3 is 0 Å². The van der Waals surface area contributed by atoms with Gasteiger partial charge in [0.15, 0.2) is 0 Å². The summed E-state index contributed by atoms with van der Waals surface area (Å²) in [5.74, 6) is 0.479. The van der Waals surface area contributed by atoms with Crippen LogP contribution in [-0.4, -0.2) is 35.9 Å². The quantitative estimate of drug-likeness (QED) is 0.897. The molecule has 2 N–H and O–H groups in total. The van der Waals surface area contributed by atoms with Crippen LogP contribution in [0, 0.1) is 5.92 Å². The van der Waals surface area contributed by atoms with Gasteiger partial charge in [-0.05, 0) is 23.8 Å². The van der Waals surface area contributed by atoms with Gasteiger partial charge in [-0.2, -0.15) is 5.10 Å². The molecule has 0 radical (unpaired) electrons. The minimum absolute atomic E-state index is 0.0515. The van der Waals surface area contributed by atoms with Gasteiger partial charge in [0.25, 0.3) is 0 Å². The summed E-state index contributed by atoms with van der Waals surface area (Å²) in [7, 11) is 3.44. The number of rotatable bonds is 4. The van der Waals surface area contributed by atoms with Crippen LogP contribution in [0.4, 0.5) is 5.69 Å². The lowest BCUT2D eigenvalue weighted by Crippen LogP contribution is -2.28. The van der Waals surface area contributed by atoms with Crippen molar-refractivity contribution in [2.75, 3.05) is 25.5 Å². The summed E-state index contributed by atoms with van der Waals surface area (Å²) in [5, 5.41) is 11.0. The van der Waals surface area contributed by atoms with E-state index in [9.17, 15) is 4.79 Å². The van der Waals surface area contributed by atoms with Gasteiger partial charge in [0.05, 0.1) is 24.9 Å². The fourth-order valence-electron chi connectivity index (χ4n) is 2.94. The van der Waals surface area contributed by atoms with Crippen molar-refractivity contribution in [1.29, 1.82) is 0 Å². The van der Waals surface area contributed by atoms with Gasteiger partial charge in [0.1, 0.15) is 5.75 Å². The molecule has 0 bridgehead atoms. The third-order valence-corrected chi connectivity index (χ3v) is 4.36. The second kappa shape index (κ2) is 6.60. The van der Waals surface area contributed by atoms with E-state index in [1.165, 1.54) is 0 Å². The molecule has 0 saturated carbocycles. The molecule has 1 amide bonds. The van der Waals surface area contributed by atoms with Crippen LogP contribution < -0.4 is 15.4 Å². The van der Waals surface area contributed by atoms with Crippen molar-refractivity contribution in [2.45, 2.75) is 5.92 Å². The normalized spacial score (nSPS) is 20.5. The third-order valence-electron chi connectivity index (χ3n) is 4.12. The molecular weight excluding hydrogens is 316 g/mol. The highest BCUT2D eigenvalue weighted by Crippen LogP contribution is 2.32. The highest BCUT2D eigenvalue weighted by Gasteiger charge is 2.35. The number of hydrogen-bond donors (Lipinski definition) is 2. The molecule has 1 aromatic heterocycles. The van der Waals surface area contributed by atoms with Gasteiger partial charge < -0.3 is 15.4 Å². The van der Waals surface area contributed by atoms with E-state index in [0.717, 1.165) is 12.1 Å². The highest BCUT2D eigenvalue weighted by molar-refractivity contribution is 6.31. The van der Waals surface area contributed by atoms with Crippen LogP contribution in [-0.2, 0) is 11.8 Å². The van der Waals surface area contributed by atoms with E-state index in [1.54, 1.807) is 30.0 Å². The number of aromatic nitrogens is 2. The molecule has 0 spiro atoms. The second-order valence-corrected chi connectivity index (χ2v) is 6.09. The maximum Gasteiger partial charge on any atom is 0.229 e. The average molecular weight is 335 g/mol. The number of aryl methyl sites for hydroxylation is 1. The van der Waals surface area contributed by atoms with E-state index < -0.39 is 0 Å². The lowest BCUT2D eigenvalue weighted by molar-refractivity contribution is -0.119. The van der Waals surface area contributed by atoms with Crippen LogP contribution in [0.1, 0.15) is 11.5 Å². The molecule has 2 heterocycles. The van der Waals surface area contributed by atoms with Crippen LogP contribution >= 0.6 is 11.6 Å². The van der Waals surface area contributed by atoms with E-state index in [0.29, 0.717) is 23.0 Å². The largest absolute Gasteiger partial charge is 0.495 e. The Morgan fingerprint density at radius 3 is 3.00 bits per heavy atom. The number of amides is 1. The monoisotopic (exact) mass is 334 g/mol. The molecular formula is C16H19ClN4O2. The van der Waals surface area contributed by atoms with Gasteiger partial charge in [-0.25, -0.2) is 0 Å². The number of anilines is 1. The summed E-state index contributed by atoms with van der Waals surface area (Å²) >= 11 is 6.01. The van der Waals surface area contributed by atoms with Crippen molar-refractivity contribution < 1.29 is 9.53 Å². The summed E-state index contributed by atoms with van der Waals surface area (Å²) in [6.07, 6.45) is 3.77. The van der Waals surface area contributed by atoms with Crippen molar-refractivity contribution in [2.24, 2.45) is 13.0 Å². The molecule has 7 heteroatoms. The fourth-order valence-corrected chi connectivity index (χ4v) is 3.11. The van der Waals surface area contributed by atoms with E-state index in [4.69, 9.17) is 16.3 Å². The predicted octanol–water partition coefficient (Wildman–Crippen LogP) is 2.02. The summed E-state index contributed by atoms with van der Waals surface area (Å²) in [5.41, 5.74) is 1.65. The molecule has 6 nitrogen and oxygen atoms in total. The van der Waals surface area contributed by atoms with Crippen LogP contribution in [0.25, 0.3) is 0 Å². The molecule has 0 unspecified atom stereocenters. The predicted molar refractivity (Wildman–Crippen MR) is 88.9 cm³/mol. The van der Waals surface area contributed by atoms with Crippen LogP contribution in [0.2, 0.25) is 5.02 Å². The molecule has 3 rings (SSSR count). The fraction of sp³-hybridized carbons (Fsp3) is 0.375. The molecule has 122 valence electrons. The Bertz CT molecular complexity index is 716. The van der Waals surface area contributed by atoms with Crippen molar-refractivity contribution >= 4 is 23.2 Å². The first-order chi connectivity index (χ1) is 11.1. The molecule has 1 aliphatic rings. The first kappa shape index (κ1) is 15.8. The van der Waals surface area contributed by atoms with Gasteiger partial charge in [-0.1, -0.05) is 11.6 Å². The standard InChI is InChI=1S/C16H19ClN4O2/c1-21-9-10(6-19-21)12-7-18-8-13(12)16(22)20-14-5-11(17)3-4-15(14)23-2/h3-6,9,12-13,18H,7-8H2,1-2H3,(H,20,22)/t12-,13+/m1/s1. The first-order valence-electron chi connectivity index (χ1n) is 7.42. The zero-order chi connectivity index (χ0) is 16.4. The molecule has 23 heavy (non-hydrogen) atoms. The molecule has 1 aromatic carbocycles. The van der Waals surface area contributed by atoms with Crippen molar-refractivity contribution in [3.05, 3.63) is 41.2 Å². The van der Waals surface area contributed by atoms with Crippen LogP contribution in [0.15, 0.2) is 30.6 Å². The average Bonchev–Trinajstić information content (AvgIpc) is 3.15. The van der Waals surface area contributed by atoms with E-state index >= 15 is 0 Å². The Hall–Kier alpha value is -2.05. The number of hydrogen-bond acceptors (Lipinski definition) is 4. The Kier molecular flexibility index (Phi) is 4.54. The lowest BCUT2D eigenvalue weighted by Gasteiger charge is -2.18. The minimum atomic E-state index is -0.164. The van der Waals surface area contributed by atoms with Crippen LogP contribution in [0.5, 0.6) is 5.75 Å². The summed E-state index contributed by atoms with van der Waals surface area (Å²) in [6, 6.07) is 5.16. The number of benzene rings is 1. The number of methoxy groups -OCH3 is 1. The molecule has 1 saturated heterocycles.